The van der Waals surface area contributed by atoms with Crippen LogP contribution < -0.4 is 5.73 Å². The van der Waals surface area contributed by atoms with E-state index in [1.807, 2.05) is 13.8 Å². The van der Waals surface area contributed by atoms with Crippen LogP contribution in [0.3, 0.4) is 0 Å². The van der Waals surface area contributed by atoms with Gasteiger partial charge in [0.15, 0.2) is 0 Å². The fourth-order valence-corrected chi connectivity index (χ4v) is 1.55. The van der Waals surface area contributed by atoms with Crippen molar-refractivity contribution >= 4 is 5.91 Å². The summed E-state index contributed by atoms with van der Waals surface area (Å²) in [4.78, 5) is 11.2. The van der Waals surface area contributed by atoms with Gasteiger partial charge in [0, 0.05) is 0 Å². The molecular weight excluding hydrogens is 181 g/mol. The minimum atomic E-state index is -0.369. The smallest absolute Gasteiger partial charge is 0.225 e. The summed E-state index contributed by atoms with van der Waals surface area (Å²) >= 11 is 0. The van der Waals surface area contributed by atoms with E-state index in [2.05, 4.69) is 0 Å². The van der Waals surface area contributed by atoms with E-state index in [0.717, 1.165) is 5.56 Å². The van der Waals surface area contributed by atoms with Gasteiger partial charge in [-0.15, -0.1) is 0 Å². The zero-order valence-electron chi connectivity index (χ0n) is 8.33. The van der Waals surface area contributed by atoms with E-state index >= 15 is 0 Å². The van der Waals surface area contributed by atoms with Gasteiger partial charge in [0.2, 0.25) is 5.91 Å². The molecule has 1 amide bonds. The molecule has 14 heavy (non-hydrogen) atoms. The zero-order valence-corrected chi connectivity index (χ0v) is 8.33. The summed E-state index contributed by atoms with van der Waals surface area (Å²) in [5.74, 6) is -0.888. The molecule has 2 nitrogen and oxygen atoms in total. The fourth-order valence-electron chi connectivity index (χ4n) is 1.55. The number of rotatable bonds is 3. The second-order valence-corrected chi connectivity index (χ2v) is 3.68. The maximum atomic E-state index is 12.6. The molecule has 76 valence electrons. The van der Waals surface area contributed by atoms with E-state index < -0.39 is 0 Å². The summed E-state index contributed by atoms with van der Waals surface area (Å²) in [6.45, 7) is 3.83. The van der Waals surface area contributed by atoms with E-state index in [4.69, 9.17) is 5.73 Å². The standard InChI is InChI=1S/C11H14FNO/c1-7(2)10(11(13)14)8-3-5-9(12)6-4-8/h3-7,10H,1-2H3,(H2,13,14)/t10-/m1/s1. The number of halogens is 1. The Bertz CT molecular complexity index is 319. The van der Waals surface area contributed by atoms with Gasteiger partial charge in [0.05, 0.1) is 5.92 Å². The summed E-state index contributed by atoms with van der Waals surface area (Å²) < 4.78 is 12.6. The predicted molar refractivity (Wildman–Crippen MR) is 53.2 cm³/mol. The van der Waals surface area contributed by atoms with Gasteiger partial charge in [0.1, 0.15) is 5.82 Å². The summed E-state index contributed by atoms with van der Waals surface area (Å²) in [6, 6.07) is 5.89. The number of carbonyl (C=O) groups excluding carboxylic acids is 1. The van der Waals surface area contributed by atoms with Crippen LogP contribution in [0.15, 0.2) is 24.3 Å². The van der Waals surface area contributed by atoms with Crippen LogP contribution in [0.25, 0.3) is 0 Å². The third kappa shape index (κ3) is 2.31. The van der Waals surface area contributed by atoms with E-state index in [-0.39, 0.29) is 23.6 Å². The Morgan fingerprint density at radius 1 is 1.29 bits per heavy atom. The summed E-state index contributed by atoms with van der Waals surface area (Å²) in [5, 5.41) is 0. The number of hydrogen-bond donors (Lipinski definition) is 1. The molecule has 0 heterocycles. The Hall–Kier alpha value is -1.38. The van der Waals surface area contributed by atoms with Gasteiger partial charge in [-0.05, 0) is 23.6 Å². The van der Waals surface area contributed by atoms with Crippen molar-refractivity contribution in [1.29, 1.82) is 0 Å². The van der Waals surface area contributed by atoms with Crippen LogP contribution in [-0.4, -0.2) is 5.91 Å². The Morgan fingerprint density at radius 3 is 2.14 bits per heavy atom. The lowest BCUT2D eigenvalue weighted by atomic mass is 9.88. The third-order valence-electron chi connectivity index (χ3n) is 2.20. The molecule has 0 saturated carbocycles. The van der Waals surface area contributed by atoms with Crippen molar-refractivity contribution in [3.63, 3.8) is 0 Å². The molecule has 0 saturated heterocycles. The molecule has 1 rings (SSSR count). The van der Waals surface area contributed by atoms with Crippen LogP contribution in [0.5, 0.6) is 0 Å². The average molecular weight is 195 g/mol. The molecule has 0 aliphatic rings. The number of carbonyl (C=O) groups is 1. The number of primary amides is 1. The van der Waals surface area contributed by atoms with Gasteiger partial charge in [-0.1, -0.05) is 26.0 Å². The van der Waals surface area contributed by atoms with Gasteiger partial charge in [-0.3, -0.25) is 4.79 Å². The maximum Gasteiger partial charge on any atom is 0.225 e. The lowest BCUT2D eigenvalue weighted by Crippen LogP contribution is -2.25. The minimum absolute atomic E-state index is 0.123. The Balaban J connectivity index is 3.00. The molecule has 1 aromatic rings. The van der Waals surface area contributed by atoms with Crippen LogP contribution in [0.2, 0.25) is 0 Å². The first-order valence-electron chi connectivity index (χ1n) is 4.57. The van der Waals surface area contributed by atoms with Crippen LogP contribution in [0.1, 0.15) is 25.3 Å². The Labute approximate surface area is 82.9 Å². The monoisotopic (exact) mass is 195 g/mol. The molecule has 3 heteroatoms. The Morgan fingerprint density at radius 2 is 1.79 bits per heavy atom. The van der Waals surface area contributed by atoms with E-state index in [1.54, 1.807) is 12.1 Å². The zero-order chi connectivity index (χ0) is 10.7. The van der Waals surface area contributed by atoms with Gasteiger partial charge in [-0.25, -0.2) is 4.39 Å². The van der Waals surface area contributed by atoms with Crippen molar-refractivity contribution in [3.8, 4) is 0 Å². The molecule has 0 fully saturated rings. The molecular formula is C11H14FNO. The number of benzene rings is 1. The molecule has 2 N–H and O–H groups in total. The number of amides is 1. The molecule has 1 atom stereocenters. The van der Waals surface area contributed by atoms with Gasteiger partial charge in [-0.2, -0.15) is 0 Å². The molecule has 1 aromatic carbocycles. The number of nitrogens with two attached hydrogens (primary N) is 1. The highest BCUT2D eigenvalue weighted by molar-refractivity contribution is 5.82. The second kappa shape index (κ2) is 4.22. The van der Waals surface area contributed by atoms with Gasteiger partial charge >= 0.3 is 0 Å². The van der Waals surface area contributed by atoms with Gasteiger partial charge in [0.25, 0.3) is 0 Å². The second-order valence-electron chi connectivity index (χ2n) is 3.68. The lowest BCUT2D eigenvalue weighted by Gasteiger charge is -2.17. The minimum Gasteiger partial charge on any atom is -0.369 e. The molecule has 0 bridgehead atoms. The maximum absolute atomic E-state index is 12.6. The van der Waals surface area contributed by atoms with Crippen molar-refractivity contribution in [2.75, 3.05) is 0 Å². The molecule has 0 aliphatic heterocycles. The lowest BCUT2D eigenvalue weighted by molar-refractivity contribution is -0.120. The highest BCUT2D eigenvalue weighted by Crippen LogP contribution is 2.23. The summed E-state index contributed by atoms with van der Waals surface area (Å²) in [5.41, 5.74) is 6.05. The first kappa shape index (κ1) is 10.7. The first-order chi connectivity index (χ1) is 6.52. The predicted octanol–water partition coefficient (Wildman–Crippen LogP) is 2.05. The van der Waals surface area contributed by atoms with Crippen LogP contribution in [-0.2, 0) is 4.79 Å². The molecule has 0 aliphatic carbocycles. The van der Waals surface area contributed by atoms with Crippen molar-refractivity contribution in [1.82, 2.24) is 0 Å². The highest BCUT2D eigenvalue weighted by Gasteiger charge is 2.21. The SMILES string of the molecule is CC(C)[C@@H](C(N)=O)c1ccc(F)cc1. The normalized spacial score (nSPS) is 12.9. The average Bonchev–Trinajstić information content (AvgIpc) is 2.07. The summed E-state index contributed by atoms with van der Waals surface area (Å²) in [7, 11) is 0. The van der Waals surface area contributed by atoms with Crippen molar-refractivity contribution in [2.24, 2.45) is 11.7 Å². The van der Waals surface area contributed by atoms with Crippen LogP contribution >= 0.6 is 0 Å². The van der Waals surface area contributed by atoms with Crippen molar-refractivity contribution < 1.29 is 9.18 Å². The molecule has 0 radical (unpaired) electrons. The van der Waals surface area contributed by atoms with Crippen LogP contribution in [0.4, 0.5) is 4.39 Å². The summed E-state index contributed by atoms with van der Waals surface area (Å²) in [6.07, 6.45) is 0. The fraction of sp³-hybridized carbons (Fsp3) is 0.364. The molecule has 0 unspecified atom stereocenters. The number of hydrogen-bond acceptors (Lipinski definition) is 1. The highest BCUT2D eigenvalue weighted by atomic mass is 19.1. The Kier molecular flexibility index (Phi) is 3.23. The van der Waals surface area contributed by atoms with Crippen molar-refractivity contribution in [2.45, 2.75) is 19.8 Å². The van der Waals surface area contributed by atoms with E-state index in [0.29, 0.717) is 0 Å². The van der Waals surface area contributed by atoms with E-state index in [1.165, 1.54) is 12.1 Å². The molecule has 0 aromatic heterocycles. The largest absolute Gasteiger partial charge is 0.369 e. The quantitative estimate of drug-likeness (QED) is 0.788. The van der Waals surface area contributed by atoms with Crippen molar-refractivity contribution in [3.05, 3.63) is 35.6 Å². The van der Waals surface area contributed by atoms with E-state index in [9.17, 15) is 9.18 Å². The van der Waals surface area contributed by atoms with Gasteiger partial charge < -0.3 is 5.73 Å². The molecule has 0 spiro atoms. The first-order valence-corrected chi connectivity index (χ1v) is 4.57. The third-order valence-corrected chi connectivity index (χ3v) is 2.20. The van der Waals surface area contributed by atoms with Crippen LogP contribution in [0, 0.1) is 11.7 Å². The topological polar surface area (TPSA) is 43.1 Å².